The molecule has 0 spiro atoms. The Morgan fingerprint density at radius 3 is 3.12 bits per heavy atom. The lowest BCUT2D eigenvalue weighted by atomic mass is 10.1. The van der Waals surface area contributed by atoms with Gasteiger partial charge < -0.3 is 14.6 Å². The largest absolute Gasteiger partial charge is 0.376 e. The Balaban J connectivity index is 1.86. The number of aromatic nitrogens is 2. The molecule has 1 N–H and O–H groups in total. The summed E-state index contributed by atoms with van der Waals surface area (Å²) in [6.45, 7) is 4.16. The van der Waals surface area contributed by atoms with E-state index in [1.807, 2.05) is 12.5 Å². The van der Waals surface area contributed by atoms with Crippen LogP contribution in [0.3, 0.4) is 0 Å². The highest BCUT2D eigenvalue weighted by Gasteiger charge is 2.29. The molecule has 0 aromatic carbocycles. The fraction of sp³-hybridized carbons (Fsp3) is 0.750. The average molecular weight is 221 g/mol. The SMILES string of the molecule is CC1OCCC1n1cncc1C1CCCN1. The summed E-state index contributed by atoms with van der Waals surface area (Å²) in [7, 11) is 0. The molecule has 4 heteroatoms. The summed E-state index contributed by atoms with van der Waals surface area (Å²) in [5.41, 5.74) is 1.33. The Kier molecular flexibility index (Phi) is 2.69. The van der Waals surface area contributed by atoms with Crippen molar-refractivity contribution >= 4 is 0 Å². The molecule has 88 valence electrons. The number of rotatable bonds is 2. The van der Waals surface area contributed by atoms with E-state index < -0.39 is 0 Å². The maximum atomic E-state index is 5.64. The predicted molar refractivity (Wildman–Crippen MR) is 61.3 cm³/mol. The van der Waals surface area contributed by atoms with Gasteiger partial charge in [0.1, 0.15) is 0 Å². The highest BCUT2D eigenvalue weighted by atomic mass is 16.5. The molecular weight excluding hydrogens is 202 g/mol. The minimum atomic E-state index is 0.314. The summed E-state index contributed by atoms with van der Waals surface area (Å²) in [4.78, 5) is 4.31. The van der Waals surface area contributed by atoms with Gasteiger partial charge in [0.2, 0.25) is 0 Å². The van der Waals surface area contributed by atoms with Crippen LogP contribution in [-0.2, 0) is 4.74 Å². The van der Waals surface area contributed by atoms with Crippen molar-refractivity contribution in [1.82, 2.24) is 14.9 Å². The number of nitrogens with zero attached hydrogens (tertiary/aromatic N) is 2. The van der Waals surface area contributed by atoms with E-state index in [1.165, 1.54) is 18.5 Å². The molecule has 0 amide bonds. The molecule has 3 rings (SSSR count). The second kappa shape index (κ2) is 4.18. The molecule has 3 atom stereocenters. The Bertz CT molecular complexity index is 357. The van der Waals surface area contributed by atoms with Crippen LogP contribution in [-0.4, -0.2) is 28.8 Å². The van der Waals surface area contributed by atoms with E-state index in [1.54, 1.807) is 0 Å². The van der Waals surface area contributed by atoms with Crippen LogP contribution >= 0.6 is 0 Å². The first-order chi connectivity index (χ1) is 7.86. The highest BCUT2D eigenvalue weighted by molar-refractivity contribution is 5.09. The second-order valence-corrected chi connectivity index (χ2v) is 4.81. The molecule has 1 aromatic heterocycles. The number of hydrogen-bond donors (Lipinski definition) is 1. The Labute approximate surface area is 96.0 Å². The van der Waals surface area contributed by atoms with Crippen molar-refractivity contribution in [2.45, 2.75) is 44.4 Å². The zero-order chi connectivity index (χ0) is 11.0. The molecule has 2 fully saturated rings. The van der Waals surface area contributed by atoms with Crippen LogP contribution in [0.5, 0.6) is 0 Å². The molecule has 2 aliphatic rings. The predicted octanol–water partition coefficient (Wildman–Crippen LogP) is 1.66. The third kappa shape index (κ3) is 1.66. The Morgan fingerprint density at radius 1 is 1.50 bits per heavy atom. The van der Waals surface area contributed by atoms with Crippen LogP contribution in [0, 0.1) is 0 Å². The van der Waals surface area contributed by atoms with Gasteiger partial charge in [-0.2, -0.15) is 0 Å². The van der Waals surface area contributed by atoms with Crippen molar-refractivity contribution in [3.63, 3.8) is 0 Å². The zero-order valence-corrected chi connectivity index (χ0v) is 9.72. The summed E-state index contributed by atoms with van der Waals surface area (Å²) in [6.07, 6.45) is 7.89. The van der Waals surface area contributed by atoms with Crippen LogP contribution in [0.2, 0.25) is 0 Å². The second-order valence-electron chi connectivity index (χ2n) is 4.81. The first-order valence-electron chi connectivity index (χ1n) is 6.23. The fourth-order valence-corrected chi connectivity index (χ4v) is 2.88. The zero-order valence-electron chi connectivity index (χ0n) is 9.72. The lowest BCUT2D eigenvalue weighted by molar-refractivity contribution is 0.107. The van der Waals surface area contributed by atoms with Gasteiger partial charge in [0.15, 0.2) is 0 Å². The average Bonchev–Trinajstić information content (AvgIpc) is 2.95. The van der Waals surface area contributed by atoms with E-state index in [2.05, 4.69) is 21.8 Å². The van der Waals surface area contributed by atoms with E-state index in [4.69, 9.17) is 4.74 Å². The third-order valence-electron chi connectivity index (χ3n) is 3.81. The van der Waals surface area contributed by atoms with Gasteiger partial charge in [0.25, 0.3) is 0 Å². The highest BCUT2D eigenvalue weighted by Crippen LogP contribution is 2.31. The third-order valence-corrected chi connectivity index (χ3v) is 3.81. The molecule has 0 aliphatic carbocycles. The van der Waals surface area contributed by atoms with Gasteiger partial charge in [0, 0.05) is 18.8 Å². The molecule has 3 heterocycles. The Morgan fingerprint density at radius 2 is 2.44 bits per heavy atom. The number of hydrogen-bond acceptors (Lipinski definition) is 3. The smallest absolute Gasteiger partial charge is 0.0952 e. The van der Waals surface area contributed by atoms with E-state index in [-0.39, 0.29) is 0 Å². The van der Waals surface area contributed by atoms with Crippen LogP contribution in [0.4, 0.5) is 0 Å². The molecule has 2 aliphatic heterocycles. The number of ether oxygens (including phenoxy) is 1. The standard InChI is InChI=1S/C12H19N3O/c1-9-11(4-6-16-9)15-8-13-7-12(15)10-3-2-5-14-10/h7-11,14H,2-6H2,1H3. The van der Waals surface area contributed by atoms with Gasteiger partial charge in [-0.3, -0.25) is 0 Å². The van der Waals surface area contributed by atoms with Gasteiger partial charge in [-0.05, 0) is 32.7 Å². The number of nitrogens with one attached hydrogen (secondary N) is 1. The fourth-order valence-electron chi connectivity index (χ4n) is 2.88. The minimum absolute atomic E-state index is 0.314. The summed E-state index contributed by atoms with van der Waals surface area (Å²) in [5, 5.41) is 3.54. The lowest BCUT2D eigenvalue weighted by Crippen LogP contribution is -2.22. The van der Waals surface area contributed by atoms with Crippen molar-refractivity contribution < 1.29 is 4.74 Å². The topological polar surface area (TPSA) is 39.1 Å². The maximum Gasteiger partial charge on any atom is 0.0952 e. The molecule has 0 radical (unpaired) electrons. The first-order valence-corrected chi connectivity index (χ1v) is 6.23. The summed E-state index contributed by atoms with van der Waals surface area (Å²) in [5.74, 6) is 0. The van der Waals surface area contributed by atoms with Crippen LogP contribution < -0.4 is 5.32 Å². The first kappa shape index (κ1) is 10.3. The molecule has 0 bridgehead atoms. The summed E-state index contributed by atoms with van der Waals surface area (Å²) < 4.78 is 7.96. The van der Waals surface area contributed by atoms with Crippen molar-refractivity contribution in [3.05, 3.63) is 18.2 Å². The Hall–Kier alpha value is -0.870. The van der Waals surface area contributed by atoms with E-state index in [9.17, 15) is 0 Å². The van der Waals surface area contributed by atoms with Gasteiger partial charge in [-0.1, -0.05) is 0 Å². The molecule has 2 saturated heterocycles. The monoisotopic (exact) mass is 221 g/mol. The van der Waals surface area contributed by atoms with Gasteiger partial charge >= 0.3 is 0 Å². The van der Waals surface area contributed by atoms with E-state index in [0.717, 1.165) is 19.6 Å². The van der Waals surface area contributed by atoms with Crippen LogP contribution in [0.15, 0.2) is 12.5 Å². The molecule has 4 nitrogen and oxygen atoms in total. The van der Waals surface area contributed by atoms with Crippen molar-refractivity contribution in [3.8, 4) is 0 Å². The van der Waals surface area contributed by atoms with Gasteiger partial charge in [-0.25, -0.2) is 4.98 Å². The normalized spacial score (nSPS) is 34.7. The van der Waals surface area contributed by atoms with Crippen molar-refractivity contribution in [2.24, 2.45) is 0 Å². The maximum absolute atomic E-state index is 5.64. The summed E-state index contributed by atoms with van der Waals surface area (Å²) >= 11 is 0. The lowest BCUT2D eigenvalue weighted by Gasteiger charge is -2.21. The van der Waals surface area contributed by atoms with E-state index >= 15 is 0 Å². The molecule has 0 saturated carbocycles. The van der Waals surface area contributed by atoms with Gasteiger partial charge in [-0.15, -0.1) is 0 Å². The van der Waals surface area contributed by atoms with Crippen LogP contribution in [0.25, 0.3) is 0 Å². The van der Waals surface area contributed by atoms with E-state index in [0.29, 0.717) is 18.2 Å². The summed E-state index contributed by atoms with van der Waals surface area (Å²) in [6, 6.07) is 0.968. The van der Waals surface area contributed by atoms with Gasteiger partial charge in [0.05, 0.1) is 24.2 Å². The van der Waals surface area contributed by atoms with Crippen molar-refractivity contribution in [1.29, 1.82) is 0 Å². The van der Waals surface area contributed by atoms with Crippen molar-refractivity contribution in [2.75, 3.05) is 13.2 Å². The quantitative estimate of drug-likeness (QED) is 0.825. The van der Waals surface area contributed by atoms with Crippen LogP contribution in [0.1, 0.15) is 44.0 Å². The molecule has 3 unspecified atom stereocenters. The minimum Gasteiger partial charge on any atom is -0.376 e. The number of imidazole rings is 1. The molecular formula is C12H19N3O. The molecule has 16 heavy (non-hydrogen) atoms. The molecule has 1 aromatic rings.